The van der Waals surface area contributed by atoms with Crippen LogP contribution in [-0.2, 0) is 24.1 Å². The maximum absolute atomic E-state index is 8.36. The van der Waals surface area contributed by atoms with Crippen LogP contribution in [0.25, 0.3) is 10.9 Å². The molecular formula is C28H35N3O4. The molecule has 7 nitrogen and oxygen atoms in total. The van der Waals surface area contributed by atoms with Crippen molar-refractivity contribution in [3.05, 3.63) is 58.8 Å². The van der Waals surface area contributed by atoms with E-state index in [1.54, 1.807) is 7.11 Å². The minimum Gasteiger partial charge on any atom is -0.493 e. The summed E-state index contributed by atoms with van der Waals surface area (Å²) in [6.45, 7) is 3.94. The van der Waals surface area contributed by atoms with E-state index in [4.69, 9.17) is 30.1 Å². The van der Waals surface area contributed by atoms with E-state index in [-0.39, 0.29) is 6.47 Å². The molecule has 1 saturated heterocycles. The maximum atomic E-state index is 8.36. The Hall–Kier alpha value is -3.32. The summed E-state index contributed by atoms with van der Waals surface area (Å²) in [6, 6.07) is 12.5. The second kappa shape index (κ2) is 11.9. The number of anilines is 1. The van der Waals surface area contributed by atoms with Crippen LogP contribution in [0.3, 0.4) is 0 Å². The minimum absolute atomic E-state index is 0.250. The monoisotopic (exact) mass is 477 g/mol. The van der Waals surface area contributed by atoms with Crippen molar-refractivity contribution in [2.45, 2.75) is 44.9 Å². The van der Waals surface area contributed by atoms with Crippen LogP contribution in [0, 0.1) is 0 Å². The first kappa shape index (κ1) is 24.8. The lowest BCUT2D eigenvalue weighted by Crippen LogP contribution is -2.22. The molecule has 0 atom stereocenters. The first-order valence-corrected chi connectivity index (χ1v) is 12.4. The van der Waals surface area contributed by atoms with E-state index in [1.807, 2.05) is 12.1 Å². The predicted molar refractivity (Wildman–Crippen MR) is 138 cm³/mol. The summed E-state index contributed by atoms with van der Waals surface area (Å²) in [5, 5.41) is 7.91. The highest BCUT2D eigenvalue weighted by molar-refractivity contribution is 5.98. The zero-order chi connectivity index (χ0) is 24.6. The fourth-order valence-corrected chi connectivity index (χ4v) is 5.28. The average molecular weight is 478 g/mol. The first-order chi connectivity index (χ1) is 17.2. The van der Waals surface area contributed by atoms with Crippen LogP contribution in [0.15, 0.2) is 36.4 Å². The molecule has 0 spiro atoms. The number of aromatic nitrogens is 1. The third-order valence-corrected chi connectivity index (χ3v) is 6.86. The number of carboxylic acid groups (broad SMARTS) is 1. The number of methoxy groups -OCH3 is 1. The number of fused-ring (bicyclic) bond motifs is 2. The molecule has 0 bridgehead atoms. The molecule has 0 amide bonds. The van der Waals surface area contributed by atoms with Gasteiger partial charge in [-0.05, 0) is 62.7 Å². The van der Waals surface area contributed by atoms with Crippen LogP contribution in [0.4, 0.5) is 5.69 Å². The average Bonchev–Trinajstić information content (AvgIpc) is 3.55. The lowest BCUT2D eigenvalue weighted by Gasteiger charge is -2.20. The van der Waals surface area contributed by atoms with E-state index >= 15 is 0 Å². The third-order valence-electron chi connectivity index (χ3n) is 6.86. The third kappa shape index (κ3) is 5.68. The molecule has 0 saturated carbocycles. The van der Waals surface area contributed by atoms with Crippen molar-refractivity contribution in [3.63, 3.8) is 0 Å². The van der Waals surface area contributed by atoms with Gasteiger partial charge in [0.05, 0.1) is 19.2 Å². The SMILES string of the molecule is COc1c(OCCCN2CCCC2)cc2nc3c(c(N)c2c1Cc1ccccc1)CCC3.O=CO. The standard InChI is InChI=1S/C27H33N3O2.CH2O2/c1-31-27-21(17-19-9-3-2-4-10-19)25-23(29-22-12-7-11-20(22)26(25)28)18-24(27)32-16-8-15-30-13-5-6-14-30;2-1-3/h2-4,9-10,18H,5-8,11-17H2,1H3,(H2,28,29);1H,(H,2,3). The van der Waals surface area contributed by atoms with E-state index in [0.717, 1.165) is 78.0 Å². The van der Waals surface area contributed by atoms with E-state index in [2.05, 4.69) is 29.2 Å². The van der Waals surface area contributed by atoms with Crippen LogP contribution in [0.2, 0.25) is 0 Å². The van der Waals surface area contributed by atoms with E-state index in [0.29, 0.717) is 6.61 Å². The maximum Gasteiger partial charge on any atom is 0.290 e. The molecule has 186 valence electrons. The largest absolute Gasteiger partial charge is 0.493 e. The second-order valence-corrected chi connectivity index (χ2v) is 9.10. The quantitative estimate of drug-likeness (QED) is 0.365. The Bertz CT molecular complexity index is 1140. The Kier molecular flexibility index (Phi) is 8.42. The molecule has 7 heteroatoms. The topological polar surface area (TPSA) is 97.9 Å². The number of pyridine rings is 1. The molecule has 1 aromatic heterocycles. The van der Waals surface area contributed by atoms with Crippen molar-refractivity contribution in [2.24, 2.45) is 0 Å². The smallest absolute Gasteiger partial charge is 0.290 e. The summed E-state index contributed by atoms with van der Waals surface area (Å²) in [7, 11) is 1.73. The summed E-state index contributed by atoms with van der Waals surface area (Å²) in [5.74, 6) is 1.56. The Morgan fingerprint density at radius 3 is 2.60 bits per heavy atom. The highest BCUT2D eigenvalue weighted by atomic mass is 16.5. The summed E-state index contributed by atoms with van der Waals surface area (Å²) in [4.78, 5) is 15.9. The molecule has 1 fully saturated rings. The van der Waals surface area contributed by atoms with Gasteiger partial charge >= 0.3 is 0 Å². The molecule has 0 unspecified atom stereocenters. The zero-order valence-electron chi connectivity index (χ0n) is 20.5. The number of aryl methyl sites for hydroxylation is 1. The Morgan fingerprint density at radius 2 is 1.89 bits per heavy atom. The van der Waals surface area contributed by atoms with E-state index in [9.17, 15) is 0 Å². The summed E-state index contributed by atoms with van der Waals surface area (Å²) in [5.41, 5.74) is 13.2. The summed E-state index contributed by atoms with van der Waals surface area (Å²) in [6.07, 6.45) is 7.51. The number of hydrogen-bond donors (Lipinski definition) is 2. The van der Waals surface area contributed by atoms with Gasteiger partial charge in [-0.25, -0.2) is 0 Å². The van der Waals surface area contributed by atoms with Crippen molar-refractivity contribution >= 4 is 23.1 Å². The molecule has 2 aromatic carbocycles. The number of rotatable bonds is 8. The number of nitrogens with two attached hydrogens (primary N) is 1. The van der Waals surface area contributed by atoms with Crippen LogP contribution >= 0.6 is 0 Å². The first-order valence-electron chi connectivity index (χ1n) is 12.4. The number of nitrogen functional groups attached to an aromatic ring is 1. The Morgan fingerprint density at radius 1 is 1.14 bits per heavy atom. The van der Waals surface area contributed by atoms with Gasteiger partial charge in [0.1, 0.15) is 0 Å². The molecule has 1 aliphatic carbocycles. The fourth-order valence-electron chi connectivity index (χ4n) is 5.28. The normalized spacial score (nSPS) is 14.9. The van der Waals surface area contributed by atoms with Crippen molar-refractivity contribution in [2.75, 3.05) is 39.1 Å². The molecular weight excluding hydrogens is 442 g/mol. The number of benzene rings is 2. The summed E-state index contributed by atoms with van der Waals surface area (Å²) < 4.78 is 12.2. The summed E-state index contributed by atoms with van der Waals surface area (Å²) >= 11 is 0. The molecule has 2 heterocycles. The molecule has 0 radical (unpaired) electrons. The van der Waals surface area contributed by atoms with Crippen molar-refractivity contribution in [1.82, 2.24) is 9.88 Å². The van der Waals surface area contributed by atoms with Crippen molar-refractivity contribution in [1.29, 1.82) is 0 Å². The number of hydrogen-bond acceptors (Lipinski definition) is 6. The Labute approximate surface area is 206 Å². The van der Waals surface area contributed by atoms with Crippen LogP contribution in [0.5, 0.6) is 11.5 Å². The minimum atomic E-state index is -0.250. The van der Waals surface area contributed by atoms with Gasteiger partial charge in [-0.15, -0.1) is 0 Å². The van der Waals surface area contributed by atoms with E-state index < -0.39 is 0 Å². The van der Waals surface area contributed by atoms with Gasteiger partial charge < -0.3 is 25.2 Å². The van der Waals surface area contributed by atoms with E-state index in [1.165, 1.54) is 37.1 Å². The molecule has 3 aromatic rings. The highest BCUT2D eigenvalue weighted by Crippen LogP contribution is 2.43. The predicted octanol–water partition coefficient (Wildman–Crippen LogP) is 4.47. The number of carbonyl (C=O) groups is 1. The van der Waals surface area contributed by atoms with Crippen molar-refractivity contribution < 1.29 is 19.4 Å². The van der Waals surface area contributed by atoms with Crippen LogP contribution in [0.1, 0.15) is 48.1 Å². The van der Waals surface area contributed by atoms with Crippen LogP contribution in [-0.4, -0.2) is 54.8 Å². The molecule has 2 aliphatic rings. The van der Waals surface area contributed by atoms with Gasteiger partial charge in [0.15, 0.2) is 11.5 Å². The van der Waals surface area contributed by atoms with Gasteiger partial charge in [0.2, 0.25) is 0 Å². The van der Waals surface area contributed by atoms with Gasteiger partial charge in [0, 0.05) is 41.4 Å². The lowest BCUT2D eigenvalue weighted by molar-refractivity contribution is -0.122. The number of nitrogens with zero attached hydrogens (tertiary/aromatic N) is 2. The van der Waals surface area contributed by atoms with Crippen LogP contribution < -0.4 is 15.2 Å². The van der Waals surface area contributed by atoms with Gasteiger partial charge in [0.25, 0.3) is 6.47 Å². The highest BCUT2D eigenvalue weighted by Gasteiger charge is 2.24. The number of likely N-dealkylation sites (tertiary alicyclic amines) is 1. The van der Waals surface area contributed by atoms with Gasteiger partial charge in [-0.2, -0.15) is 0 Å². The van der Waals surface area contributed by atoms with Crippen molar-refractivity contribution in [3.8, 4) is 11.5 Å². The molecule has 1 aliphatic heterocycles. The van der Waals surface area contributed by atoms with Gasteiger partial charge in [-0.3, -0.25) is 9.78 Å². The zero-order valence-corrected chi connectivity index (χ0v) is 20.5. The second-order valence-electron chi connectivity index (χ2n) is 9.10. The number of ether oxygens (including phenoxy) is 2. The lowest BCUT2D eigenvalue weighted by atomic mass is 9.96. The fraction of sp³-hybridized carbons (Fsp3) is 0.429. The van der Waals surface area contributed by atoms with Gasteiger partial charge in [-0.1, -0.05) is 30.3 Å². The Balaban J connectivity index is 0.000000917. The molecule has 5 rings (SSSR count). The molecule has 35 heavy (non-hydrogen) atoms. The molecule has 3 N–H and O–H groups in total.